The summed E-state index contributed by atoms with van der Waals surface area (Å²) < 4.78 is 42.3. The summed E-state index contributed by atoms with van der Waals surface area (Å²) in [5.41, 5.74) is 38.1. The van der Waals surface area contributed by atoms with Crippen LogP contribution in [0.1, 0.15) is 47.9 Å². The van der Waals surface area contributed by atoms with Crippen molar-refractivity contribution in [2.45, 2.75) is 125 Å². The Morgan fingerprint density at radius 3 is 1.70 bits per heavy atom. The molecule has 2 heterocycles. The molecule has 6 unspecified atom stereocenters. The van der Waals surface area contributed by atoms with Crippen molar-refractivity contribution in [1.82, 2.24) is 0 Å². The smallest absolute Gasteiger partial charge is 0.338 e. The quantitative estimate of drug-likeness (QED) is 0.0756. The van der Waals surface area contributed by atoms with Crippen LogP contribution in [-0.4, -0.2) is 131 Å². The van der Waals surface area contributed by atoms with Crippen LogP contribution < -0.4 is 0 Å². The average molecular weight is 837 g/mol. The fourth-order valence-electron chi connectivity index (χ4n) is 7.12. The maximum atomic E-state index is 13.7. The van der Waals surface area contributed by atoms with Crippen LogP contribution in [0.3, 0.4) is 0 Å². The molecule has 2 aromatic rings. The lowest BCUT2D eigenvalue weighted by molar-refractivity contribution is -0.315. The van der Waals surface area contributed by atoms with Gasteiger partial charge in [0, 0.05) is 26.6 Å². The van der Waals surface area contributed by atoms with E-state index < -0.39 is 116 Å². The molecule has 3 N–H and O–H groups in total. The van der Waals surface area contributed by atoms with Crippen LogP contribution in [0.2, 0.25) is 0 Å². The molecule has 25 nitrogen and oxygen atoms in total. The van der Waals surface area contributed by atoms with Crippen LogP contribution in [0, 0.1) is 0 Å². The van der Waals surface area contributed by atoms with Gasteiger partial charge in [0.1, 0.15) is 36.6 Å². The van der Waals surface area contributed by atoms with E-state index in [1.54, 1.807) is 36.4 Å². The van der Waals surface area contributed by atoms with E-state index in [1.165, 1.54) is 38.1 Å². The average Bonchev–Trinajstić information content (AvgIpc) is 3.55. The summed E-state index contributed by atoms with van der Waals surface area (Å²) in [6.45, 7) is 3.69. The molecule has 318 valence electrons. The molecule has 0 aromatic heterocycles. The molecule has 0 radical (unpaired) electrons. The third-order valence-electron chi connectivity index (χ3n) is 9.86. The van der Waals surface area contributed by atoms with Crippen LogP contribution >= 0.6 is 0 Å². The number of hydrogen-bond acceptors (Lipinski definition) is 17. The highest BCUT2D eigenvalue weighted by Gasteiger charge is 2.58. The molecule has 3 fully saturated rings. The molecule has 0 amide bonds. The number of nitrogens with zero attached hydrogens (tertiary/aromatic N) is 12. The molecule has 0 bridgehead atoms. The van der Waals surface area contributed by atoms with E-state index in [4.69, 9.17) is 33.2 Å². The zero-order valence-electron chi connectivity index (χ0n) is 32.0. The van der Waals surface area contributed by atoms with Crippen LogP contribution in [-0.2, 0) is 38.0 Å². The maximum absolute atomic E-state index is 13.7. The van der Waals surface area contributed by atoms with Crippen LogP contribution in [0.5, 0.6) is 0 Å². The van der Waals surface area contributed by atoms with Crippen molar-refractivity contribution in [1.29, 1.82) is 0 Å². The number of hydrogen-bond donors (Lipinski definition) is 3. The standard InChI is InChI=1S/C35H40N12O13/c1-15(40-44-36)25-29(55-32(52)18-10-6-4-7-11-18)31(56-33(53)19-12-8-5-9-13-19)35(57-25)60-30-27(54-17(3)49)20(41-45-37)14-21(42-46-38)28(30)59-34-22(43-47-39)23(50)24(51)26(58-34)16(2)48/h4-13,15-16,20-31,34-35,48,50-51H,14H2,1-3H3/t15-,16+,20+,21?,22?,23+,24-,25+,26?,27?,28+,29?,30?,31-,34+,35-/m0/s1. The van der Waals surface area contributed by atoms with Gasteiger partial charge in [-0.15, -0.1) is 0 Å². The summed E-state index contributed by atoms with van der Waals surface area (Å²) in [5.74, 6) is -2.78. The number of rotatable bonds is 15. The normalized spacial score (nSPS) is 33.2. The molecule has 2 saturated heterocycles. The third kappa shape index (κ3) is 10.3. The molecular weight excluding hydrogens is 796 g/mol. The Bertz CT molecular complexity index is 2030. The van der Waals surface area contributed by atoms with Gasteiger partial charge in [0.25, 0.3) is 0 Å². The van der Waals surface area contributed by atoms with E-state index in [1.807, 2.05) is 0 Å². The predicted molar refractivity (Wildman–Crippen MR) is 200 cm³/mol. The van der Waals surface area contributed by atoms with E-state index in [0.29, 0.717) is 0 Å². The maximum Gasteiger partial charge on any atom is 0.338 e. The van der Waals surface area contributed by atoms with Crippen molar-refractivity contribution in [2.24, 2.45) is 20.5 Å². The largest absolute Gasteiger partial charge is 0.459 e. The van der Waals surface area contributed by atoms with Crippen molar-refractivity contribution in [3.8, 4) is 0 Å². The number of esters is 3. The van der Waals surface area contributed by atoms with Gasteiger partial charge in [-0.3, -0.25) is 4.79 Å². The highest BCUT2D eigenvalue weighted by molar-refractivity contribution is 5.90. The van der Waals surface area contributed by atoms with Crippen molar-refractivity contribution >= 4 is 17.9 Å². The second kappa shape index (κ2) is 20.7. The third-order valence-corrected chi connectivity index (χ3v) is 9.86. The Hall–Kier alpha value is -6.19. The molecule has 2 aromatic carbocycles. The lowest BCUT2D eigenvalue weighted by Crippen LogP contribution is -2.64. The monoisotopic (exact) mass is 836 g/mol. The highest BCUT2D eigenvalue weighted by Crippen LogP contribution is 2.39. The van der Waals surface area contributed by atoms with Gasteiger partial charge in [0.2, 0.25) is 0 Å². The molecule has 5 rings (SSSR count). The molecule has 1 aliphatic carbocycles. The van der Waals surface area contributed by atoms with E-state index in [0.717, 1.165) is 6.92 Å². The van der Waals surface area contributed by atoms with E-state index >= 15 is 0 Å². The summed E-state index contributed by atoms with van der Waals surface area (Å²) >= 11 is 0. The van der Waals surface area contributed by atoms with Gasteiger partial charge in [-0.05, 0) is 59.7 Å². The zero-order chi connectivity index (χ0) is 43.5. The van der Waals surface area contributed by atoms with Crippen molar-refractivity contribution in [3.05, 3.63) is 114 Å². The number of benzene rings is 2. The molecule has 0 spiro atoms. The molecule has 60 heavy (non-hydrogen) atoms. The summed E-state index contributed by atoms with van der Waals surface area (Å²) in [4.78, 5) is 51.2. The number of carbonyl (C=O) groups is 3. The van der Waals surface area contributed by atoms with Crippen molar-refractivity contribution in [3.63, 3.8) is 0 Å². The Morgan fingerprint density at radius 2 is 1.18 bits per heavy atom. The molecule has 25 heteroatoms. The molecule has 3 aliphatic rings. The first-order chi connectivity index (χ1) is 28.8. The van der Waals surface area contributed by atoms with Gasteiger partial charge in [0.05, 0.1) is 47.6 Å². The summed E-state index contributed by atoms with van der Waals surface area (Å²) in [5, 5.41) is 46.9. The van der Waals surface area contributed by atoms with E-state index in [2.05, 4.69) is 40.1 Å². The molecule has 16 atom stereocenters. The summed E-state index contributed by atoms with van der Waals surface area (Å²) in [6, 6.07) is 9.73. The van der Waals surface area contributed by atoms with Gasteiger partial charge in [0.15, 0.2) is 24.8 Å². The number of aliphatic hydroxyl groups excluding tert-OH is 3. The van der Waals surface area contributed by atoms with Gasteiger partial charge < -0.3 is 48.5 Å². The van der Waals surface area contributed by atoms with Crippen LogP contribution in [0.15, 0.2) is 81.1 Å². The van der Waals surface area contributed by atoms with E-state index in [-0.39, 0.29) is 17.5 Å². The Morgan fingerprint density at radius 1 is 0.667 bits per heavy atom. The zero-order valence-corrected chi connectivity index (χ0v) is 32.0. The van der Waals surface area contributed by atoms with Gasteiger partial charge in [-0.1, -0.05) is 63.8 Å². The number of aliphatic hydroxyl groups is 3. The second-order valence-electron chi connectivity index (χ2n) is 13.8. The Labute approximate surface area is 339 Å². The lowest BCUT2D eigenvalue weighted by atomic mass is 9.83. The Kier molecular flexibility index (Phi) is 15.5. The Balaban J connectivity index is 1.65. The fourth-order valence-corrected chi connectivity index (χ4v) is 7.12. The first-order valence-electron chi connectivity index (χ1n) is 18.4. The topological polar surface area (TPSA) is 372 Å². The van der Waals surface area contributed by atoms with Gasteiger partial charge >= 0.3 is 17.9 Å². The van der Waals surface area contributed by atoms with Crippen molar-refractivity contribution < 1.29 is 62.9 Å². The molecular formula is C35H40N12O13. The van der Waals surface area contributed by atoms with Gasteiger partial charge in [-0.2, -0.15) is 0 Å². The summed E-state index contributed by atoms with van der Waals surface area (Å²) in [7, 11) is 0. The molecule has 1 saturated carbocycles. The SMILES string of the molecule is CC(=O)OC1C(O[C@@H]2O[C@H]([C@H](C)N=[N+]=[N-])C(OC(=O)c3ccccc3)[C@@H]2OC(=O)c2ccccc2)[C@H](O[C@H]2OC([C@@H](C)O)[C@@H](O)[C@H](O)C2N=[N+]=[N-])C(N=[N+]=[N-])C[C@H]1N=[N+]=[N-]. The summed E-state index contributed by atoms with van der Waals surface area (Å²) in [6.07, 6.45) is -20.5. The number of ether oxygens (including phenoxy) is 7. The van der Waals surface area contributed by atoms with E-state index in [9.17, 15) is 51.8 Å². The van der Waals surface area contributed by atoms with Crippen LogP contribution in [0.4, 0.5) is 0 Å². The highest BCUT2D eigenvalue weighted by atomic mass is 16.8. The van der Waals surface area contributed by atoms with Crippen LogP contribution in [0.25, 0.3) is 41.8 Å². The minimum absolute atomic E-state index is 0.0476. The minimum Gasteiger partial charge on any atom is -0.459 e. The fraction of sp³-hybridized carbons (Fsp3) is 0.571. The minimum atomic E-state index is -1.89. The molecule has 2 aliphatic heterocycles. The second-order valence-corrected chi connectivity index (χ2v) is 13.8. The lowest BCUT2D eigenvalue weighted by Gasteiger charge is -2.48. The number of azide groups is 4. The number of carbonyl (C=O) groups excluding carboxylic acids is 3. The first kappa shape index (κ1) is 44.9. The predicted octanol–water partition coefficient (Wildman–Crippen LogP) is 3.83. The van der Waals surface area contributed by atoms with Gasteiger partial charge in [-0.25, -0.2) is 9.59 Å². The van der Waals surface area contributed by atoms with Crippen molar-refractivity contribution in [2.75, 3.05) is 0 Å². The first-order valence-corrected chi connectivity index (χ1v) is 18.4.